The minimum absolute atomic E-state index is 0.129. The molecule has 2 unspecified atom stereocenters. The first-order valence-electron chi connectivity index (χ1n) is 7.19. The lowest BCUT2D eigenvalue weighted by Gasteiger charge is -2.43. The molecule has 2 atom stereocenters. The summed E-state index contributed by atoms with van der Waals surface area (Å²) < 4.78 is 11.5. The van der Waals surface area contributed by atoms with E-state index in [4.69, 9.17) is 9.47 Å². The Hall–Kier alpha value is -0.120. The molecule has 0 amide bonds. The lowest BCUT2D eigenvalue weighted by molar-refractivity contribution is -0.140. The molecule has 2 saturated heterocycles. The molecule has 1 spiro atoms. The van der Waals surface area contributed by atoms with Gasteiger partial charge in [-0.1, -0.05) is 20.3 Å². The van der Waals surface area contributed by atoms with Gasteiger partial charge >= 0.3 is 0 Å². The van der Waals surface area contributed by atoms with E-state index in [1.807, 2.05) is 0 Å². The SMILES string of the molecule is CCC(C)CNC1CCOC2(CCOCC2)C1. The lowest BCUT2D eigenvalue weighted by Crippen LogP contribution is -2.50. The number of hydrogen-bond acceptors (Lipinski definition) is 3. The van der Waals surface area contributed by atoms with Crippen molar-refractivity contribution in [3.05, 3.63) is 0 Å². The summed E-state index contributed by atoms with van der Waals surface area (Å²) in [7, 11) is 0. The topological polar surface area (TPSA) is 30.5 Å². The maximum Gasteiger partial charge on any atom is 0.0741 e. The highest BCUT2D eigenvalue weighted by Gasteiger charge is 2.38. The second kappa shape index (κ2) is 6.17. The van der Waals surface area contributed by atoms with E-state index in [0.29, 0.717) is 6.04 Å². The highest BCUT2D eigenvalue weighted by molar-refractivity contribution is 4.91. The van der Waals surface area contributed by atoms with Crippen molar-refractivity contribution in [2.45, 2.75) is 57.6 Å². The summed E-state index contributed by atoms with van der Waals surface area (Å²) >= 11 is 0. The molecule has 100 valence electrons. The van der Waals surface area contributed by atoms with Gasteiger partial charge in [0.2, 0.25) is 0 Å². The first-order valence-corrected chi connectivity index (χ1v) is 7.19. The maximum absolute atomic E-state index is 6.05. The summed E-state index contributed by atoms with van der Waals surface area (Å²) in [5.41, 5.74) is 0.129. The third-order valence-corrected chi connectivity index (χ3v) is 4.35. The molecule has 2 rings (SSSR count). The molecule has 0 aromatic carbocycles. The van der Waals surface area contributed by atoms with Crippen LogP contribution in [0.25, 0.3) is 0 Å². The van der Waals surface area contributed by atoms with Gasteiger partial charge in [-0.3, -0.25) is 0 Å². The van der Waals surface area contributed by atoms with E-state index < -0.39 is 0 Å². The van der Waals surface area contributed by atoms with E-state index in [1.165, 1.54) is 19.3 Å². The Morgan fingerprint density at radius 3 is 2.76 bits per heavy atom. The van der Waals surface area contributed by atoms with Crippen molar-refractivity contribution in [2.75, 3.05) is 26.4 Å². The molecule has 3 nitrogen and oxygen atoms in total. The van der Waals surface area contributed by atoms with Gasteiger partial charge in [-0.2, -0.15) is 0 Å². The monoisotopic (exact) mass is 241 g/mol. The molecule has 2 heterocycles. The van der Waals surface area contributed by atoms with Crippen molar-refractivity contribution in [2.24, 2.45) is 5.92 Å². The van der Waals surface area contributed by atoms with Crippen LogP contribution in [0, 0.1) is 5.92 Å². The van der Waals surface area contributed by atoms with Crippen molar-refractivity contribution in [3.63, 3.8) is 0 Å². The van der Waals surface area contributed by atoms with Gasteiger partial charge in [0.25, 0.3) is 0 Å². The van der Waals surface area contributed by atoms with Crippen LogP contribution in [0.5, 0.6) is 0 Å². The maximum atomic E-state index is 6.05. The Morgan fingerprint density at radius 1 is 1.29 bits per heavy atom. The Labute approximate surface area is 105 Å². The van der Waals surface area contributed by atoms with Gasteiger partial charge in [0.05, 0.1) is 5.60 Å². The van der Waals surface area contributed by atoms with E-state index in [9.17, 15) is 0 Å². The third kappa shape index (κ3) is 3.67. The fraction of sp³-hybridized carbons (Fsp3) is 1.00. The summed E-state index contributed by atoms with van der Waals surface area (Å²) in [6, 6.07) is 0.649. The first-order chi connectivity index (χ1) is 8.24. The fourth-order valence-electron chi connectivity index (χ4n) is 2.81. The van der Waals surface area contributed by atoms with Gasteiger partial charge in [0.1, 0.15) is 0 Å². The second-order valence-electron chi connectivity index (χ2n) is 5.76. The molecule has 17 heavy (non-hydrogen) atoms. The third-order valence-electron chi connectivity index (χ3n) is 4.35. The quantitative estimate of drug-likeness (QED) is 0.819. The van der Waals surface area contributed by atoms with Crippen molar-refractivity contribution in [3.8, 4) is 0 Å². The molecule has 2 fully saturated rings. The van der Waals surface area contributed by atoms with E-state index in [-0.39, 0.29) is 5.60 Å². The van der Waals surface area contributed by atoms with Crippen molar-refractivity contribution in [1.82, 2.24) is 5.32 Å². The summed E-state index contributed by atoms with van der Waals surface area (Å²) in [6.07, 6.45) is 5.75. The molecule has 1 N–H and O–H groups in total. The van der Waals surface area contributed by atoms with Crippen LogP contribution in [0.4, 0.5) is 0 Å². The normalized spacial score (nSPS) is 30.4. The highest BCUT2D eigenvalue weighted by atomic mass is 16.5. The summed E-state index contributed by atoms with van der Waals surface area (Å²) in [5.74, 6) is 0.781. The molecular weight excluding hydrogens is 214 g/mol. The van der Waals surface area contributed by atoms with Crippen LogP contribution in [-0.4, -0.2) is 38.0 Å². The van der Waals surface area contributed by atoms with Crippen LogP contribution in [0.2, 0.25) is 0 Å². The van der Waals surface area contributed by atoms with Crippen LogP contribution in [-0.2, 0) is 9.47 Å². The zero-order valence-corrected chi connectivity index (χ0v) is 11.3. The van der Waals surface area contributed by atoms with Gasteiger partial charge in [0, 0.05) is 25.9 Å². The van der Waals surface area contributed by atoms with Crippen molar-refractivity contribution < 1.29 is 9.47 Å². The van der Waals surface area contributed by atoms with Crippen LogP contribution in [0.15, 0.2) is 0 Å². The molecule has 0 radical (unpaired) electrons. The smallest absolute Gasteiger partial charge is 0.0741 e. The molecular formula is C14H27NO2. The molecule has 2 aliphatic rings. The minimum Gasteiger partial charge on any atom is -0.381 e. The van der Waals surface area contributed by atoms with Gasteiger partial charge < -0.3 is 14.8 Å². The summed E-state index contributed by atoms with van der Waals surface area (Å²) in [4.78, 5) is 0. The summed E-state index contributed by atoms with van der Waals surface area (Å²) in [6.45, 7) is 8.38. The van der Waals surface area contributed by atoms with Crippen LogP contribution >= 0.6 is 0 Å². The standard InChI is InChI=1S/C14H27NO2/c1-3-12(2)11-15-13-4-7-17-14(10-13)5-8-16-9-6-14/h12-13,15H,3-11H2,1-2H3. The first kappa shape index (κ1) is 13.3. The van der Waals surface area contributed by atoms with Crippen molar-refractivity contribution in [1.29, 1.82) is 0 Å². The van der Waals surface area contributed by atoms with Crippen molar-refractivity contribution >= 4 is 0 Å². The number of nitrogens with one attached hydrogen (secondary N) is 1. The van der Waals surface area contributed by atoms with Crippen LogP contribution < -0.4 is 5.32 Å². The fourth-order valence-corrected chi connectivity index (χ4v) is 2.81. The average Bonchev–Trinajstić information content (AvgIpc) is 2.37. The number of ether oxygens (including phenoxy) is 2. The summed E-state index contributed by atoms with van der Waals surface area (Å²) in [5, 5.41) is 3.72. The Morgan fingerprint density at radius 2 is 2.06 bits per heavy atom. The number of rotatable bonds is 4. The minimum atomic E-state index is 0.129. The van der Waals surface area contributed by atoms with E-state index in [2.05, 4.69) is 19.2 Å². The Balaban J connectivity index is 1.79. The predicted molar refractivity (Wildman–Crippen MR) is 69.2 cm³/mol. The molecule has 0 aromatic rings. The van der Waals surface area contributed by atoms with Crippen LogP contribution in [0.1, 0.15) is 46.0 Å². The molecule has 2 aliphatic heterocycles. The molecule has 0 aromatic heterocycles. The molecule has 3 heteroatoms. The average molecular weight is 241 g/mol. The zero-order valence-electron chi connectivity index (χ0n) is 11.3. The predicted octanol–water partition coefficient (Wildman–Crippen LogP) is 2.35. The Bertz CT molecular complexity index is 221. The van der Waals surface area contributed by atoms with Gasteiger partial charge in [-0.05, 0) is 38.1 Å². The zero-order chi connectivity index (χ0) is 12.1. The largest absolute Gasteiger partial charge is 0.381 e. The van der Waals surface area contributed by atoms with Gasteiger partial charge in [-0.25, -0.2) is 0 Å². The number of hydrogen-bond donors (Lipinski definition) is 1. The second-order valence-corrected chi connectivity index (χ2v) is 5.76. The highest BCUT2D eigenvalue weighted by Crippen LogP contribution is 2.34. The van der Waals surface area contributed by atoms with Crippen LogP contribution in [0.3, 0.4) is 0 Å². The van der Waals surface area contributed by atoms with Gasteiger partial charge in [0.15, 0.2) is 0 Å². The molecule has 0 aliphatic carbocycles. The van der Waals surface area contributed by atoms with E-state index >= 15 is 0 Å². The molecule has 0 bridgehead atoms. The van der Waals surface area contributed by atoms with E-state index in [0.717, 1.165) is 45.1 Å². The Kier molecular flexibility index (Phi) is 4.83. The lowest BCUT2D eigenvalue weighted by atomic mass is 9.84. The van der Waals surface area contributed by atoms with Gasteiger partial charge in [-0.15, -0.1) is 0 Å². The van der Waals surface area contributed by atoms with E-state index in [1.54, 1.807) is 0 Å². The molecule has 0 saturated carbocycles.